The summed E-state index contributed by atoms with van der Waals surface area (Å²) in [4.78, 5) is 29.4. The molecule has 1 aromatic rings. The van der Waals surface area contributed by atoms with E-state index >= 15 is 0 Å². The number of likely N-dealkylation sites (tertiary alicyclic amines) is 1. The molecule has 2 amide bonds. The first-order valence-electron chi connectivity index (χ1n) is 7.71. The Bertz CT molecular complexity index is 515. The monoisotopic (exact) mass is 308 g/mol. The van der Waals surface area contributed by atoms with Crippen LogP contribution in [0.4, 0.5) is 4.79 Å². The molecule has 1 atom stereocenters. The van der Waals surface area contributed by atoms with E-state index in [1.54, 1.807) is 6.20 Å². The largest absolute Gasteiger partial charge is 0.468 e. The third-order valence-electron chi connectivity index (χ3n) is 4.13. The van der Waals surface area contributed by atoms with Gasteiger partial charge in [-0.3, -0.25) is 4.79 Å². The Morgan fingerprint density at radius 1 is 1.45 bits per heavy atom. The van der Waals surface area contributed by atoms with Crippen LogP contribution in [0.1, 0.15) is 31.5 Å². The minimum Gasteiger partial charge on any atom is -0.468 e. The van der Waals surface area contributed by atoms with Crippen LogP contribution in [0, 0.1) is 6.92 Å². The van der Waals surface area contributed by atoms with E-state index < -0.39 is 5.97 Å². The van der Waals surface area contributed by atoms with Crippen LogP contribution in [0.15, 0.2) is 12.4 Å². The molecule has 1 aliphatic heterocycles. The van der Waals surface area contributed by atoms with Crippen LogP contribution < -0.4 is 5.32 Å². The number of methoxy groups -OCH3 is 1. The standard InChI is InChI=1S/C15H24N4O3/c1-12-16-7-10-18(12)9-6-13-5-3-4-8-19(13)15(21)17-11-14(20)22-2/h7,10,13H,3-6,8-9,11H2,1-2H3,(H,17,21). The number of piperidine rings is 1. The number of hydrogen-bond acceptors (Lipinski definition) is 4. The van der Waals surface area contributed by atoms with E-state index in [9.17, 15) is 9.59 Å². The third kappa shape index (κ3) is 4.22. The first-order valence-corrected chi connectivity index (χ1v) is 7.71. The number of rotatable bonds is 5. The molecule has 0 bridgehead atoms. The number of aryl methyl sites for hydroxylation is 2. The van der Waals surface area contributed by atoms with Gasteiger partial charge in [0.2, 0.25) is 0 Å². The van der Waals surface area contributed by atoms with Crippen molar-refractivity contribution in [2.75, 3.05) is 20.2 Å². The van der Waals surface area contributed by atoms with Crippen molar-refractivity contribution in [3.63, 3.8) is 0 Å². The Balaban J connectivity index is 1.88. The SMILES string of the molecule is COC(=O)CNC(=O)N1CCCCC1CCn1ccnc1C. The summed E-state index contributed by atoms with van der Waals surface area (Å²) in [7, 11) is 1.31. The minimum atomic E-state index is -0.434. The van der Waals surface area contributed by atoms with Gasteiger partial charge in [-0.1, -0.05) is 0 Å². The molecule has 2 rings (SSSR count). The van der Waals surface area contributed by atoms with Crippen molar-refractivity contribution in [3.05, 3.63) is 18.2 Å². The first kappa shape index (κ1) is 16.3. The second kappa shape index (κ2) is 7.82. The van der Waals surface area contributed by atoms with Crippen LogP contribution in [-0.4, -0.2) is 52.7 Å². The summed E-state index contributed by atoms with van der Waals surface area (Å²) in [6.45, 7) is 3.47. The second-order valence-corrected chi connectivity index (χ2v) is 5.53. The Hall–Kier alpha value is -2.05. The van der Waals surface area contributed by atoms with Gasteiger partial charge in [0.25, 0.3) is 0 Å². The van der Waals surface area contributed by atoms with Gasteiger partial charge < -0.3 is 19.5 Å². The number of imidazole rings is 1. The Morgan fingerprint density at radius 2 is 2.27 bits per heavy atom. The quantitative estimate of drug-likeness (QED) is 0.832. The lowest BCUT2D eigenvalue weighted by Crippen LogP contribution is -2.50. The highest BCUT2D eigenvalue weighted by Crippen LogP contribution is 2.20. The van der Waals surface area contributed by atoms with Crippen molar-refractivity contribution in [1.29, 1.82) is 0 Å². The second-order valence-electron chi connectivity index (χ2n) is 5.53. The number of hydrogen-bond donors (Lipinski definition) is 1. The summed E-state index contributed by atoms with van der Waals surface area (Å²) in [6, 6.07) is 0.0191. The summed E-state index contributed by atoms with van der Waals surface area (Å²) < 4.78 is 6.64. The van der Waals surface area contributed by atoms with E-state index in [0.717, 1.165) is 44.6 Å². The van der Waals surface area contributed by atoms with E-state index in [4.69, 9.17) is 0 Å². The molecule has 0 aromatic carbocycles. The number of carbonyl (C=O) groups is 2. The predicted octanol–water partition coefficient (Wildman–Crippen LogP) is 1.32. The maximum Gasteiger partial charge on any atom is 0.325 e. The minimum absolute atomic E-state index is 0.0841. The fourth-order valence-electron chi connectivity index (χ4n) is 2.82. The molecule has 122 valence electrons. The highest BCUT2D eigenvalue weighted by atomic mass is 16.5. The summed E-state index contributed by atoms with van der Waals surface area (Å²) in [5.41, 5.74) is 0. The van der Waals surface area contributed by atoms with Crippen molar-refractivity contribution in [2.45, 2.75) is 45.2 Å². The molecule has 1 aliphatic rings. The number of nitrogens with one attached hydrogen (secondary N) is 1. The van der Waals surface area contributed by atoms with Gasteiger partial charge in [-0.05, 0) is 32.6 Å². The number of urea groups is 1. The molecule has 0 aliphatic carbocycles. The molecule has 22 heavy (non-hydrogen) atoms. The molecule has 1 unspecified atom stereocenters. The van der Waals surface area contributed by atoms with Gasteiger partial charge in [0.05, 0.1) is 7.11 Å². The van der Waals surface area contributed by atoms with Gasteiger partial charge in [-0.2, -0.15) is 0 Å². The molecule has 1 saturated heterocycles. The molecule has 7 heteroatoms. The van der Waals surface area contributed by atoms with E-state index in [2.05, 4.69) is 19.6 Å². The van der Waals surface area contributed by atoms with Crippen LogP contribution in [0.3, 0.4) is 0 Å². The van der Waals surface area contributed by atoms with Crippen LogP contribution >= 0.6 is 0 Å². The number of carbonyl (C=O) groups excluding carboxylic acids is 2. The van der Waals surface area contributed by atoms with E-state index in [1.165, 1.54) is 7.11 Å². The zero-order valence-electron chi connectivity index (χ0n) is 13.2. The molecular formula is C15H24N4O3. The summed E-state index contributed by atoms with van der Waals surface area (Å²) in [5, 5.41) is 2.63. The van der Waals surface area contributed by atoms with Crippen LogP contribution in [0.2, 0.25) is 0 Å². The lowest BCUT2D eigenvalue weighted by molar-refractivity contribution is -0.139. The van der Waals surface area contributed by atoms with Gasteiger partial charge in [-0.25, -0.2) is 9.78 Å². The Labute approximate surface area is 130 Å². The van der Waals surface area contributed by atoms with Gasteiger partial charge in [0.1, 0.15) is 12.4 Å². The average molecular weight is 308 g/mol. The summed E-state index contributed by atoms with van der Waals surface area (Å²) in [6.07, 6.45) is 7.78. The highest BCUT2D eigenvalue weighted by molar-refractivity contribution is 5.81. The highest BCUT2D eigenvalue weighted by Gasteiger charge is 2.26. The molecule has 2 heterocycles. The van der Waals surface area contributed by atoms with Gasteiger partial charge in [-0.15, -0.1) is 0 Å². The molecular weight excluding hydrogens is 284 g/mol. The lowest BCUT2D eigenvalue weighted by atomic mass is 9.99. The maximum absolute atomic E-state index is 12.2. The summed E-state index contributed by atoms with van der Waals surface area (Å²) in [5.74, 6) is 0.549. The van der Waals surface area contributed by atoms with Crippen LogP contribution in [0.25, 0.3) is 0 Å². The molecule has 0 saturated carbocycles. The van der Waals surface area contributed by atoms with E-state index in [-0.39, 0.29) is 18.6 Å². The average Bonchev–Trinajstić information content (AvgIpc) is 2.95. The third-order valence-corrected chi connectivity index (χ3v) is 4.13. The van der Waals surface area contributed by atoms with Crippen LogP contribution in [-0.2, 0) is 16.1 Å². The maximum atomic E-state index is 12.2. The van der Waals surface area contributed by atoms with E-state index in [0.29, 0.717) is 0 Å². The smallest absolute Gasteiger partial charge is 0.325 e. The van der Waals surface area contributed by atoms with Crippen molar-refractivity contribution >= 4 is 12.0 Å². The molecule has 1 N–H and O–H groups in total. The predicted molar refractivity (Wildman–Crippen MR) is 81.3 cm³/mol. The normalized spacial score (nSPS) is 18.1. The lowest BCUT2D eigenvalue weighted by Gasteiger charge is -2.35. The number of nitrogens with zero attached hydrogens (tertiary/aromatic N) is 3. The Morgan fingerprint density at radius 3 is 2.95 bits per heavy atom. The topological polar surface area (TPSA) is 76.5 Å². The molecule has 0 radical (unpaired) electrons. The van der Waals surface area contributed by atoms with Crippen molar-refractivity contribution < 1.29 is 14.3 Å². The summed E-state index contributed by atoms with van der Waals surface area (Å²) >= 11 is 0. The number of amides is 2. The number of aromatic nitrogens is 2. The first-order chi connectivity index (χ1) is 10.6. The van der Waals surface area contributed by atoms with Gasteiger partial charge >= 0.3 is 12.0 Å². The van der Waals surface area contributed by atoms with Crippen molar-refractivity contribution in [3.8, 4) is 0 Å². The number of ether oxygens (including phenoxy) is 1. The Kier molecular flexibility index (Phi) is 5.80. The molecule has 1 fully saturated rings. The van der Waals surface area contributed by atoms with Crippen molar-refractivity contribution in [2.24, 2.45) is 0 Å². The zero-order valence-corrected chi connectivity index (χ0v) is 13.2. The number of esters is 1. The van der Waals surface area contributed by atoms with E-state index in [1.807, 2.05) is 18.0 Å². The molecule has 1 aromatic heterocycles. The fraction of sp³-hybridized carbons (Fsp3) is 0.667. The van der Waals surface area contributed by atoms with Crippen molar-refractivity contribution in [1.82, 2.24) is 19.8 Å². The van der Waals surface area contributed by atoms with Gasteiger partial charge in [0, 0.05) is 31.5 Å². The zero-order chi connectivity index (χ0) is 15.9. The fourth-order valence-corrected chi connectivity index (χ4v) is 2.82. The molecule has 0 spiro atoms. The van der Waals surface area contributed by atoms with Crippen LogP contribution in [0.5, 0.6) is 0 Å². The molecule has 7 nitrogen and oxygen atoms in total. The van der Waals surface area contributed by atoms with Gasteiger partial charge in [0.15, 0.2) is 0 Å².